The molecule has 0 heterocycles. The van der Waals surface area contributed by atoms with Gasteiger partial charge in [-0.1, -0.05) is 6.07 Å². The van der Waals surface area contributed by atoms with Crippen molar-refractivity contribution in [3.63, 3.8) is 0 Å². The van der Waals surface area contributed by atoms with Gasteiger partial charge >= 0.3 is 0 Å². The molecular formula is C9H13NO3. The van der Waals surface area contributed by atoms with Gasteiger partial charge in [0, 0.05) is 12.5 Å². The highest BCUT2D eigenvalue weighted by atomic mass is 16.3. The molecule has 0 radical (unpaired) electrons. The zero-order chi connectivity index (χ0) is 10.1. The van der Waals surface area contributed by atoms with E-state index in [1.54, 1.807) is 0 Å². The minimum absolute atomic E-state index is 0.0158. The zero-order valence-corrected chi connectivity index (χ0v) is 7.36. The van der Waals surface area contributed by atoms with E-state index in [1.165, 1.54) is 25.1 Å². The highest BCUT2D eigenvalue weighted by Gasteiger charge is 2.16. The van der Waals surface area contributed by atoms with Gasteiger partial charge in [-0.25, -0.2) is 0 Å². The molecule has 0 amide bonds. The van der Waals surface area contributed by atoms with Crippen LogP contribution in [-0.2, 0) is 6.42 Å². The Kier molecular flexibility index (Phi) is 2.45. The first-order valence-corrected chi connectivity index (χ1v) is 3.90. The summed E-state index contributed by atoms with van der Waals surface area (Å²) < 4.78 is 0. The SMILES string of the molecule is CC(N)(O)Cc1ccc(O)cc1O. The Hall–Kier alpha value is -1.26. The Morgan fingerprint density at radius 1 is 1.38 bits per heavy atom. The highest BCUT2D eigenvalue weighted by Crippen LogP contribution is 2.24. The molecular weight excluding hydrogens is 170 g/mol. The second kappa shape index (κ2) is 3.24. The Balaban J connectivity index is 2.90. The van der Waals surface area contributed by atoms with Crippen molar-refractivity contribution in [2.45, 2.75) is 19.1 Å². The van der Waals surface area contributed by atoms with Crippen molar-refractivity contribution in [1.29, 1.82) is 0 Å². The van der Waals surface area contributed by atoms with Crippen molar-refractivity contribution >= 4 is 0 Å². The van der Waals surface area contributed by atoms with E-state index in [-0.39, 0.29) is 17.9 Å². The van der Waals surface area contributed by atoms with Crippen molar-refractivity contribution in [3.05, 3.63) is 23.8 Å². The number of hydrogen-bond donors (Lipinski definition) is 4. The van der Waals surface area contributed by atoms with Gasteiger partial charge in [0.25, 0.3) is 0 Å². The smallest absolute Gasteiger partial charge is 0.122 e. The van der Waals surface area contributed by atoms with Crippen LogP contribution in [0.1, 0.15) is 12.5 Å². The third kappa shape index (κ3) is 2.93. The maximum Gasteiger partial charge on any atom is 0.122 e. The number of benzene rings is 1. The van der Waals surface area contributed by atoms with Gasteiger partial charge in [0.05, 0.1) is 0 Å². The number of rotatable bonds is 2. The maximum absolute atomic E-state index is 9.33. The predicted octanol–water partition coefficient (Wildman–Crippen LogP) is 0.307. The molecule has 0 bridgehead atoms. The minimum atomic E-state index is -1.35. The van der Waals surface area contributed by atoms with Crippen LogP contribution in [0.3, 0.4) is 0 Å². The average molecular weight is 183 g/mol. The van der Waals surface area contributed by atoms with Crippen LogP contribution in [0, 0.1) is 0 Å². The predicted molar refractivity (Wildman–Crippen MR) is 48.3 cm³/mol. The van der Waals surface area contributed by atoms with E-state index in [0.717, 1.165) is 0 Å². The molecule has 0 saturated carbocycles. The summed E-state index contributed by atoms with van der Waals surface area (Å²) in [5.41, 5.74) is 4.51. The van der Waals surface area contributed by atoms with Gasteiger partial charge in [-0.05, 0) is 18.6 Å². The minimum Gasteiger partial charge on any atom is -0.508 e. The van der Waals surface area contributed by atoms with Gasteiger partial charge in [-0.15, -0.1) is 0 Å². The topological polar surface area (TPSA) is 86.7 Å². The highest BCUT2D eigenvalue weighted by molar-refractivity contribution is 5.39. The summed E-state index contributed by atoms with van der Waals surface area (Å²) in [7, 11) is 0. The van der Waals surface area contributed by atoms with Crippen LogP contribution in [0.25, 0.3) is 0 Å². The number of phenolic OH excluding ortho intramolecular Hbond substituents is 2. The van der Waals surface area contributed by atoms with E-state index in [0.29, 0.717) is 5.56 Å². The van der Waals surface area contributed by atoms with Crippen LogP contribution < -0.4 is 5.73 Å². The molecule has 1 rings (SSSR count). The van der Waals surface area contributed by atoms with E-state index >= 15 is 0 Å². The number of aromatic hydroxyl groups is 2. The summed E-state index contributed by atoms with van der Waals surface area (Å²) in [6.07, 6.45) is 0.138. The van der Waals surface area contributed by atoms with E-state index in [4.69, 9.17) is 10.8 Å². The number of hydrogen-bond acceptors (Lipinski definition) is 4. The lowest BCUT2D eigenvalue weighted by Crippen LogP contribution is -2.37. The lowest BCUT2D eigenvalue weighted by atomic mass is 10.0. The number of phenols is 2. The molecule has 1 atom stereocenters. The zero-order valence-electron chi connectivity index (χ0n) is 7.36. The molecule has 0 saturated heterocycles. The van der Waals surface area contributed by atoms with Crippen molar-refractivity contribution in [1.82, 2.24) is 0 Å². The van der Waals surface area contributed by atoms with Crippen LogP contribution >= 0.6 is 0 Å². The molecule has 0 spiro atoms. The summed E-state index contributed by atoms with van der Waals surface area (Å²) >= 11 is 0. The second-order valence-corrected chi connectivity index (χ2v) is 3.35. The van der Waals surface area contributed by atoms with Crippen molar-refractivity contribution in [2.24, 2.45) is 5.73 Å². The summed E-state index contributed by atoms with van der Waals surface area (Å²) in [6.45, 7) is 1.44. The van der Waals surface area contributed by atoms with Gasteiger partial charge in [-0.2, -0.15) is 0 Å². The fourth-order valence-corrected chi connectivity index (χ4v) is 1.09. The molecule has 1 unspecified atom stereocenters. The van der Waals surface area contributed by atoms with E-state index in [1.807, 2.05) is 0 Å². The Morgan fingerprint density at radius 2 is 2.00 bits per heavy atom. The van der Waals surface area contributed by atoms with E-state index < -0.39 is 5.72 Å². The Bertz CT molecular complexity index is 304. The van der Waals surface area contributed by atoms with Gasteiger partial charge in [-0.3, -0.25) is 0 Å². The summed E-state index contributed by atoms with van der Waals surface area (Å²) in [5.74, 6) is -0.0800. The van der Waals surface area contributed by atoms with E-state index in [9.17, 15) is 10.2 Å². The Labute approximate surface area is 76.2 Å². The third-order valence-corrected chi connectivity index (χ3v) is 1.62. The molecule has 1 aromatic carbocycles. The first-order chi connectivity index (χ1) is 5.88. The Morgan fingerprint density at radius 3 is 2.46 bits per heavy atom. The fourth-order valence-electron chi connectivity index (χ4n) is 1.09. The fraction of sp³-hybridized carbons (Fsp3) is 0.333. The number of aliphatic hydroxyl groups is 1. The monoisotopic (exact) mass is 183 g/mol. The van der Waals surface area contributed by atoms with Crippen LogP contribution in [0.5, 0.6) is 11.5 Å². The average Bonchev–Trinajstić information content (AvgIpc) is 1.93. The van der Waals surface area contributed by atoms with Gasteiger partial charge in [0.15, 0.2) is 0 Å². The van der Waals surface area contributed by atoms with Gasteiger partial charge < -0.3 is 21.1 Å². The molecule has 0 aliphatic rings. The van der Waals surface area contributed by atoms with Crippen LogP contribution in [-0.4, -0.2) is 21.0 Å². The molecule has 72 valence electrons. The molecule has 5 N–H and O–H groups in total. The standard InChI is InChI=1S/C9H13NO3/c1-9(10,13)5-6-2-3-7(11)4-8(6)12/h2-4,11-13H,5,10H2,1H3. The van der Waals surface area contributed by atoms with Gasteiger partial charge in [0.1, 0.15) is 17.2 Å². The maximum atomic E-state index is 9.33. The number of nitrogens with two attached hydrogens (primary N) is 1. The normalized spacial score (nSPS) is 15.3. The second-order valence-electron chi connectivity index (χ2n) is 3.35. The first kappa shape index (κ1) is 9.83. The van der Waals surface area contributed by atoms with Crippen molar-refractivity contribution < 1.29 is 15.3 Å². The van der Waals surface area contributed by atoms with Crippen molar-refractivity contribution in [3.8, 4) is 11.5 Å². The summed E-state index contributed by atoms with van der Waals surface area (Å²) in [4.78, 5) is 0. The largest absolute Gasteiger partial charge is 0.508 e. The molecule has 0 aliphatic heterocycles. The first-order valence-electron chi connectivity index (χ1n) is 3.90. The summed E-state index contributed by atoms with van der Waals surface area (Å²) in [5, 5.41) is 27.6. The van der Waals surface area contributed by atoms with Crippen molar-refractivity contribution in [2.75, 3.05) is 0 Å². The molecule has 1 aromatic rings. The van der Waals surface area contributed by atoms with Crippen LogP contribution in [0.2, 0.25) is 0 Å². The van der Waals surface area contributed by atoms with Gasteiger partial charge in [0.2, 0.25) is 0 Å². The molecule has 13 heavy (non-hydrogen) atoms. The lowest BCUT2D eigenvalue weighted by Gasteiger charge is -2.17. The van der Waals surface area contributed by atoms with E-state index in [2.05, 4.69) is 0 Å². The third-order valence-electron chi connectivity index (χ3n) is 1.62. The lowest BCUT2D eigenvalue weighted by molar-refractivity contribution is 0.0670. The van der Waals surface area contributed by atoms with Crippen LogP contribution in [0.15, 0.2) is 18.2 Å². The quantitative estimate of drug-likeness (QED) is 0.497. The molecule has 0 aromatic heterocycles. The molecule has 4 nitrogen and oxygen atoms in total. The van der Waals surface area contributed by atoms with Crippen LogP contribution in [0.4, 0.5) is 0 Å². The molecule has 4 heteroatoms. The molecule has 0 aliphatic carbocycles. The molecule has 0 fully saturated rings. The summed E-state index contributed by atoms with van der Waals surface area (Å²) in [6, 6.07) is 4.16.